The molecule has 1 saturated heterocycles. The van der Waals surface area contributed by atoms with E-state index in [2.05, 4.69) is 6.07 Å². The Bertz CT molecular complexity index is 624. The van der Waals surface area contributed by atoms with Gasteiger partial charge in [0, 0.05) is 30.3 Å². The van der Waals surface area contributed by atoms with Crippen molar-refractivity contribution in [3.8, 4) is 0 Å². The van der Waals surface area contributed by atoms with Crippen LogP contribution in [-0.4, -0.2) is 78.5 Å². The van der Waals surface area contributed by atoms with E-state index in [4.69, 9.17) is 9.84 Å². The minimum Gasteiger partial charge on any atom is -0.480 e. The molecule has 7 heteroatoms. The molecule has 0 radical (unpaired) electrons. The van der Waals surface area contributed by atoms with Gasteiger partial charge in [-0.05, 0) is 18.7 Å². The SMILES string of the molecule is CN(CC(=O)O)C[C@@H]1CN(C(=O)[C@@H]2CSc3ccccc32)CCO1. The van der Waals surface area contributed by atoms with E-state index in [1.807, 2.05) is 23.1 Å². The summed E-state index contributed by atoms with van der Waals surface area (Å²) in [6.45, 7) is 2.10. The third-order valence-corrected chi connectivity index (χ3v) is 5.55. The smallest absolute Gasteiger partial charge is 0.317 e. The number of carboxylic acids is 1. The number of amides is 1. The van der Waals surface area contributed by atoms with Crippen LogP contribution in [0.3, 0.4) is 0 Å². The first kappa shape index (κ1) is 17.3. The summed E-state index contributed by atoms with van der Waals surface area (Å²) < 4.78 is 5.71. The summed E-state index contributed by atoms with van der Waals surface area (Å²) in [5.74, 6) is 0.00299. The van der Waals surface area contributed by atoms with Gasteiger partial charge < -0.3 is 14.7 Å². The number of carbonyl (C=O) groups excluding carboxylic acids is 1. The van der Waals surface area contributed by atoms with E-state index in [0.29, 0.717) is 26.2 Å². The maximum Gasteiger partial charge on any atom is 0.317 e. The number of thioether (sulfide) groups is 1. The lowest BCUT2D eigenvalue weighted by atomic mass is 9.99. The molecular weight excluding hydrogens is 328 g/mol. The van der Waals surface area contributed by atoms with Gasteiger partial charge >= 0.3 is 5.97 Å². The first-order valence-electron chi connectivity index (χ1n) is 8.07. The third kappa shape index (κ3) is 3.91. The Kier molecular flexibility index (Phi) is 5.43. The molecule has 0 aromatic heterocycles. The van der Waals surface area contributed by atoms with Gasteiger partial charge in [-0.3, -0.25) is 14.5 Å². The summed E-state index contributed by atoms with van der Waals surface area (Å²) in [6, 6.07) is 8.09. The lowest BCUT2D eigenvalue weighted by Gasteiger charge is -2.35. The number of rotatable bonds is 5. The molecule has 1 N–H and O–H groups in total. The van der Waals surface area contributed by atoms with E-state index in [1.165, 1.54) is 4.90 Å². The van der Waals surface area contributed by atoms with Gasteiger partial charge in [0.25, 0.3) is 0 Å². The maximum absolute atomic E-state index is 12.9. The van der Waals surface area contributed by atoms with Crippen LogP contribution in [0.2, 0.25) is 0 Å². The molecule has 1 aromatic carbocycles. The molecule has 1 amide bonds. The summed E-state index contributed by atoms with van der Waals surface area (Å²) in [5.41, 5.74) is 1.12. The average Bonchev–Trinajstić information content (AvgIpc) is 2.97. The summed E-state index contributed by atoms with van der Waals surface area (Å²) >= 11 is 1.73. The molecule has 0 bridgehead atoms. The van der Waals surface area contributed by atoms with Crippen LogP contribution < -0.4 is 0 Å². The predicted molar refractivity (Wildman–Crippen MR) is 91.4 cm³/mol. The quantitative estimate of drug-likeness (QED) is 0.858. The zero-order valence-corrected chi connectivity index (χ0v) is 14.5. The second-order valence-electron chi connectivity index (χ2n) is 6.27. The first-order chi connectivity index (χ1) is 11.5. The average molecular weight is 350 g/mol. The van der Waals surface area contributed by atoms with Crippen molar-refractivity contribution in [1.82, 2.24) is 9.80 Å². The van der Waals surface area contributed by atoms with Gasteiger partial charge in [0.05, 0.1) is 25.2 Å². The summed E-state index contributed by atoms with van der Waals surface area (Å²) in [6.07, 6.45) is -0.142. The van der Waals surface area contributed by atoms with Gasteiger partial charge in [-0.2, -0.15) is 0 Å². The van der Waals surface area contributed by atoms with Crippen LogP contribution in [0.15, 0.2) is 29.2 Å². The number of aliphatic carboxylic acids is 1. The Morgan fingerprint density at radius 2 is 2.21 bits per heavy atom. The van der Waals surface area contributed by atoms with E-state index in [-0.39, 0.29) is 24.5 Å². The highest BCUT2D eigenvalue weighted by Crippen LogP contribution is 2.40. The lowest BCUT2D eigenvalue weighted by molar-refractivity contribution is -0.143. The summed E-state index contributed by atoms with van der Waals surface area (Å²) in [7, 11) is 1.75. The zero-order valence-electron chi connectivity index (χ0n) is 13.7. The number of morpholine rings is 1. The number of fused-ring (bicyclic) bond motifs is 1. The molecular formula is C17H22N2O4S. The topological polar surface area (TPSA) is 70.1 Å². The summed E-state index contributed by atoms with van der Waals surface area (Å²) in [5, 5.41) is 8.84. The first-order valence-corrected chi connectivity index (χ1v) is 9.05. The predicted octanol–water partition coefficient (Wildman–Crippen LogP) is 1.12. The highest BCUT2D eigenvalue weighted by Gasteiger charge is 2.34. The van der Waals surface area contributed by atoms with Gasteiger partial charge in [0.1, 0.15) is 0 Å². The number of hydrogen-bond acceptors (Lipinski definition) is 5. The fourth-order valence-corrected chi connectivity index (χ4v) is 4.48. The van der Waals surface area contributed by atoms with Crippen LogP contribution >= 0.6 is 11.8 Å². The van der Waals surface area contributed by atoms with Crippen molar-refractivity contribution in [3.63, 3.8) is 0 Å². The van der Waals surface area contributed by atoms with Crippen molar-refractivity contribution in [2.75, 3.05) is 45.6 Å². The molecule has 6 nitrogen and oxygen atoms in total. The normalized spacial score (nSPS) is 23.3. The fraction of sp³-hybridized carbons (Fsp3) is 0.529. The molecule has 2 heterocycles. The Balaban J connectivity index is 1.61. The van der Waals surface area contributed by atoms with Crippen molar-refractivity contribution in [2.45, 2.75) is 16.9 Å². The molecule has 24 heavy (non-hydrogen) atoms. The van der Waals surface area contributed by atoms with Crippen LogP contribution in [0.1, 0.15) is 11.5 Å². The van der Waals surface area contributed by atoms with Crippen LogP contribution in [0.4, 0.5) is 0 Å². The van der Waals surface area contributed by atoms with Gasteiger partial charge in [0.2, 0.25) is 5.91 Å². The van der Waals surface area contributed by atoms with E-state index in [0.717, 1.165) is 11.3 Å². The minimum atomic E-state index is -0.860. The van der Waals surface area contributed by atoms with Crippen molar-refractivity contribution >= 4 is 23.6 Å². The molecule has 0 saturated carbocycles. The Labute approximate surface area is 145 Å². The number of nitrogens with zero attached hydrogens (tertiary/aromatic N) is 2. The van der Waals surface area contributed by atoms with Gasteiger partial charge in [-0.1, -0.05) is 18.2 Å². The Hall–Kier alpha value is -1.57. The van der Waals surface area contributed by atoms with Crippen LogP contribution in [0.25, 0.3) is 0 Å². The van der Waals surface area contributed by atoms with E-state index in [1.54, 1.807) is 23.7 Å². The highest BCUT2D eigenvalue weighted by atomic mass is 32.2. The fourth-order valence-electron chi connectivity index (χ4n) is 3.26. The number of benzene rings is 1. The Morgan fingerprint density at radius 1 is 1.42 bits per heavy atom. The van der Waals surface area contributed by atoms with Crippen molar-refractivity contribution < 1.29 is 19.4 Å². The number of carboxylic acid groups (broad SMARTS) is 1. The van der Waals surface area contributed by atoms with Crippen LogP contribution in [-0.2, 0) is 14.3 Å². The Morgan fingerprint density at radius 3 is 3.00 bits per heavy atom. The molecule has 2 aliphatic rings. The molecule has 0 unspecified atom stereocenters. The number of ether oxygens (including phenoxy) is 1. The maximum atomic E-state index is 12.9. The minimum absolute atomic E-state index is 0.0273. The lowest BCUT2D eigenvalue weighted by Crippen LogP contribution is -2.50. The standard InChI is InChI=1S/C17H22N2O4S/c1-18(10-16(20)21)8-12-9-19(6-7-23-12)17(22)14-11-24-15-5-3-2-4-13(14)15/h2-5,12,14H,6-11H2,1H3,(H,20,21)/t12-,14-/m1/s1. The second kappa shape index (κ2) is 7.55. The van der Waals surface area contributed by atoms with E-state index >= 15 is 0 Å². The number of hydrogen-bond donors (Lipinski definition) is 1. The molecule has 130 valence electrons. The van der Waals surface area contributed by atoms with Gasteiger partial charge in [-0.25, -0.2) is 0 Å². The molecule has 1 aromatic rings. The molecule has 0 aliphatic carbocycles. The van der Waals surface area contributed by atoms with Gasteiger partial charge in [0.15, 0.2) is 0 Å². The van der Waals surface area contributed by atoms with Gasteiger partial charge in [-0.15, -0.1) is 11.8 Å². The van der Waals surface area contributed by atoms with Crippen molar-refractivity contribution in [2.24, 2.45) is 0 Å². The zero-order chi connectivity index (χ0) is 17.1. The van der Waals surface area contributed by atoms with Crippen LogP contribution in [0.5, 0.6) is 0 Å². The largest absolute Gasteiger partial charge is 0.480 e. The number of carbonyl (C=O) groups is 2. The molecule has 1 fully saturated rings. The molecule has 2 aliphatic heterocycles. The van der Waals surface area contributed by atoms with Crippen LogP contribution in [0, 0.1) is 0 Å². The van der Waals surface area contributed by atoms with Crippen molar-refractivity contribution in [3.05, 3.63) is 29.8 Å². The van der Waals surface area contributed by atoms with Crippen molar-refractivity contribution in [1.29, 1.82) is 0 Å². The summed E-state index contributed by atoms with van der Waals surface area (Å²) in [4.78, 5) is 28.5. The second-order valence-corrected chi connectivity index (χ2v) is 7.33. The molecule has 2 atom stereocenters. The molecule has 0 spiro atoms. The monoisotopic (exact) mass is 350 g/mol. The third-order valence-electron chi connectivity index (χ3n) is 4.37. The molecule has 3 rings (SSSR count). The van der Waals surface area contributed by atoms with E-state index in [9.17, 15) is 9.59 Å². The number of likely N-dealkylation sites (N-methyl/N-ethyl adjacent to an activating group) is 1. The van der Waals surface area contributed by atoms with E-state index < -0.39 is 5.97 Å². The highest BCUT2D eigenvalue weighted by molar-refractivity contribution is 7.99.